The van der Waals surface area contributed by atoms with Crippen molar-refractivity contribution in [1.82, 2.24) is 10.5 Å². The highest BCUT2D eigenvalue weighted by molar-refractivity contribution is 6.30. The fourth-order valence-electron chi connectivity index (χ4n) is 1.65. The van der Waals surface area contributed by atoms with Gasteiger partial charge in [0.05, 0.1) is 10.7 Å². The molecule has 0 saturated heterocycles. The maximum atomic E-state index is 13.4. The Hall–Kier alpha value is -2.41. The second-order valence-electron chi connectivity index (χ2n) is 4.25. The van der Waals surface area contributed by atoms with E-state index in [1.165, 1.54) is 18.2 Å². The summed E-state index contributed by atoms with van der Waals surface area (Å²) in [6, 6.07) is 3.40. The lowest BCUT2D eigenvalue weighted by Crippen LogP contribution is -2.33. The van der Waals surface area contributed by atoms with E-state index in [4.69, 9.17) is 16.1 Å². The van der Waals surface area contributed by atoms with Gasteiger partial charge < -0.3 is 14.9 Å². The number of carboxylic acids is 1. The summed E-state index contributed by atoms with van der Waals surface area (Å²) in [5, 5.41) is 14.8. The van der Waals surface area contributed by atoms with Gasteiger partial charge in [0.1, 0.15) is 5.82 Å². The van der Waals surface area contributed by atoms with E-state index in [2.05, 4.69) is 10.5 Å². The monoisotopic (exact) mass is 312 g/mol. The van der Waals surface area contributed by atoms with Gasteiger partial charge in [-0.1, -0.05) is 22.8 Å². The predicted molar refractivity (Wildman–Crippen MR) is 70.5 cm³/mol. The highest BCUT2D eigenvalue weighted by Gasteiger charge is 2.25. The van der Waals surface area contributed by atoms with Crippen molar-refractivity contribution in [2.75, 3.05) is 0 Å². The molecule has 1 atom stereocenters. The van der Waals surface area contributed by atoms with Crippen LogP contribution in [0, 0.1) is 12.7 Å². The van der Waals surface area contributed by atoms with Crippen LogP contribution < -0.4 is 5.32 Å². The number of aromatic nitrogens is 1. The normalized spacial score (nSPS) is 12.0. The molecule has 1 aromatic heterocycles. The van der Waals surface area contributed by atoms with Gasteiger partial charge in [-0.25, -0.2) is 9.18 Å². The average Bonchev–Trinajstić information content (AvgIpc) is 2.85. The quantitative estimate of drug-likeness (QED) is 0.904. The number of carboxylic acid groups (broad SMARTS) is 1. The molecular weight excluding hydrogens is 303 g/mol. The maximum Gasteiger partial charge on any atom is 0.330 e. The summed E-state index contributed by atoms with van der Waals surface area (Å²) in [7, 11) is 0. The standard InChI is InChI=1S/C13H10ClFN2O4/c1-6-4-10(21-17-6)12(18)16-11(13(19)20)7-2-3-8(14)9(15)5-7/h2-5,11H,1H3,(H,16,18)(H,19,20). The van der Waals surface area contributed by atoms with E-state index in [-0.39, 0.29) is 16.3 Å². The van der Waals surface area contributed by atoms with Gasteiger partial charge in [0.25, 0.3) is 5.91 Å². The van der Waals surface area contributed by atoms with Gasteiger partial charge in [0.15, 0.2) is 6.04 Å². The molecule has 2 N–H and O–H groups in total. The van der Waals surface area contributed by atoms with E-state index in [0.29, 0.717) is 5.69 Å². The molecule has 0 aliphatic carbocycles. The fourth-order valence-corrected chi connectivity index (χ4v) is 1.77. The third-order valence-electron chi connectivity index (χ3n) is 2.65. The summed E-state index contributed by atoms with van der Waals surface area (Å²) in [4.78, 5) is 23.1. The Bertz CT molecular complexity index is 701. The molecule has 1 heterocycles. The number of halogens is 2. The number of aliphatic carboxylic acids is 1. The molecule has 8 heteroatoms. The second-order valence-corrected chi connectivity index (χ2v) is 4.66. The molecule has 0 fully saturated rings. The predicted octanol–water partition coefficient (Wildman–Crippen LogP) is 2.33. The summed E-state index contributed by atoms with van der Waals surface area (Å²) in [5.41, 5.74) is 0.526. The minimum atomic E-state index is -1.44. The van der Waals surface area contributed by atoms with Gasteiger partial charge in [0.2, 0.25) is 5.76 Å². The lowest BCUT2D eigenvalue weighted by Gasteiger charge is -2.14. The zero-order chi connectivity index (χ0) is 15.6. The molecule has 0 bridgehead atoms. The molecule has 110 valence electrons. The number of hydrogen-bond acceptors (Lipinski definition) is 4. The number of nitrogens with zero attached hydrogens (tertiary/aromatic N) is 1. The van der Waals surface area contributed by atoms with Gasteiger partial charge in [-0.3, -0.25) is 4.79 Å². The van der Waals surface area contributed by atoms with Crippen molar-refractivity contribution in [3.63, 3.8) is 0 Å². The first kappa shape index (κ1) is 15.0. The Kier molecular flexibility index (Phi) is 4.23. The first-order chi connectivity index (χ1) is 9.88. The molecule has 2 rings (SSSR count). The topological polar surface area (TPSA) is 92.4 Å². The summed E-state index contributed by atoms with van der Waals surface area (Å²) in [6.45, 7) is 1.61. The van der Waals surface area contributed by atoms with Crippen molar-refractivity contribution in [3.05, 3.63) is 52.1 Å². The van der Waals surface area contributed by atoms with E-state index in [0.717, 1.165) is 6.07 Å². The molecule has 1 unspecified atom stereocenters. The van der Waals surface area contributed by atoms with Crippen molar-refractivity contribution in [3.8, 4) is 0 Å². The molecule has 0 radical (unpaired) electrons. The van der Waals surface area contributed by atoms with Gasteiger partial charge in [0, 0.05) is 6.07 Å². The van der Waals surface area contributed by atoms with Crippen LogP contribution in [-0.2, 0) is 4.79 Å². The first-order valence-electron chi connectivity index (χ1n) is 5.80. The van der Waals surface area contributed by atoms with E-state index >= 15 is 0 Å². The van der Waals surface area contributed by atoms with Crippen LogP contribution in [0.1, 0.15) is 27.9 Å². The lowest BCUT2D eigenvalue weighted by molar-refractivity contribution is -0.139. The summed E-state index contributed by atoms with van der Waals surface area (Å²) < 4.78 is 18.1. The molecule has 1 aromatic carbocycles. The minimum absolute atomic E-state index is 0.0500. The molecule has 6 nitrogen and oxygen atoms in total. The Morgan fingerprint density at radius 1 is 1.43 bits per heavy atom. The van der Waals surface area contributed by atoms with E-state index in [9.17, 15) is 19.1 Å². The molecule has 1 amide bonds. The Balaban J connectivity index is 2.25. The number of nitrogens with one attached hydrogen (secondary N) is 1. The maximum absolute atomic E-state index is 13.4. The van der Waals surface area contributed by atoms with Gasteiger partial charge in [-0.2, -0.15) is 0 Å². The van der Waals surface area contributed by atoms with Crippen molar-refractivity contribution in [2.45, 2.75) is 13.0 Å². The largest absolute Gasteiger partial charge is 0.479 e. The van der Waals surface area contributed by atoms with Gasteiger partial charge in [-0.15, -0.1) is 0 Å². The molecule has 0 saturated carbocycles. The number of rotatable bonds is 4. The second kappa shape index (κ2) is 5.92. The molecule has 0 aliphatic heterocycles. The van der Waals surface area contributed by atoms with Crippen molar-refractivity contribution < 1.29 is 23.6 Å². The third kappa shape index (κ3) is 3.38. The third-order valence-corrected chi connectivity index (χ3v) is 2.96. The van der Waals surface area contributed by atoms with Crippen LogP contribution in [0.2, 0.25) is 5.02 Å². The van der Waals surface area contributed by atoms with Gasteiger partial charge in [-0.05, 0) is 24.6 Å². The molecule has 0 aliphatic rings. The van der Waals surface area contributed by atoms with Crippen molar-refractivity contribution >= 4 is 23.5 Å². The number of carbonyl (C=O) groups is 2. The summed E-state index contributed by atoms with van der Waals surface area (Å²) in [6.07, 6.45) is 0. The summed E-state index contributed by atoms with van der Waals surface area (Å²) in [5.74, 6) is -3.02. The van der Waals surface area contributed by atoms with Crippen LogP contribution in [0.15, 0.2) is 28.8 Å². The Morgan fingerprint density at radius 2 is 2.14 bits per heavy atom. The highest BCUT2D eigenvalue weighted by atomic mass is 35.5. The highest BCUT2D eigenvalue weighted by Crippen LogP contribution is 2.21. The minimum Gasteiger partial charge on any atom is -0.479 e. The molecule has 2 aromatic rings. The number of hydrogen-bond donors (Lipinski definition) is 2. The van der Waals surface area contributed by atoms with Crippen LogP contribution in [0.3, 0.4) is 0 Å². The van der Waals surface area contributed by atoms with Gasteiger partial charge >= 0.3 is 5.97 Å². The Labute approximate surface area is 123 Å². The Morgan fingerprint density at radius 3 is 2.67 bits per heavy atom. The SMILES string of the molecule is Cc1cc(C(=O)NC(C(=O)O)c2ccc(Cl)c(F)c2)on1. The van der Waals surface area contributed by atoms with Crippen LogP contribution in [0.5, 0.6) is 0 Å². The van der Waals surface area contributed by atoms with Crippen molar-refractivity contribution in [2.24, 2.45) is 0 Å². The van der Waals surface area contributed by atoms with Crippen LogP contribution in [0.25, 0.3) is 0 Å². The number of amides is 1. The van der Waals surface area contributed by atoms with Crippen LogP contribution in [0.4, 0.5) is 4.39 Å². The number of carbonyl (C=O) groups excluding carboxylic acids is 1. The average molecular weight is 313 g/mol. The summed E-state index contributed by atoms with van der Waals surface area (Å²) >= 11 is 5.54. The number of aryl methyl sites for hydroxylation is 1. The van der Waals surface area contributed by atoms with Crippen molar-refractivity contribution in [1.29, 1.82) is 0 Å². The first-order valence-corrected chi connectivity index (χ1v) is 6.18. The number of benzene rings is 1. The fraction of sp³-hybridized carbons (Fsp3) is 0.154. The van der Waals surface area contributed by atoms with E-state index < -0.39 is 23.7 Å². The van der Waals surface area contributed by atoms with E-state index in [1.807, 2.05) is 0 Å². The van der Waals surface area contributed by atoms with Crippen LogP contribution >= 0.6 is 11.6 Å². The molecule has 21 heavy (non-hydrogen) atoms. The zero-order valence-electron chi connectivity index (χ0n) is 10.8. The smallest absolute Gasteiger partial charge is 0.330 e. The van der Waals surface area contributed by atoms with Crippen LogP contribution in [-0.4, -0.2) is 22.1 Å². The lowest BCUT2D eigenvalue weighted by atomic mass is 10.1. The van der Waals surface area contributed by atoms with E-state index in [1.54, 1.807) is 6.92 Å². The molecular formula is C13H10ClFN2O4. The molecule has 0 spiro atoms. The zero-order valence-corrected chi connectivity index (χ0v) is 11.5.